The van der Waals surface area contributed by atoms with E-state index < -0.39 is 27.8 Å². The van der Waals surface area contributed by atoms with Gasteiger partial charge in [-0.1, -0.05) is 80.0 Å². The summed E-state index contributed by atoms with van der Waals surface area (Å²) in [7, 11) is 0. The zero-order chi connectivity index (χ0) is 27.3. The molecule has 3 atom stereocenters. The first kappa shape index (κ1) is 31.1. The number of hydrogen-bond donors (Lipinski definition) is 3. The lowest BCUT2D eigenvalue weighted by Crippen LogP contribution is -2.66. The lowest BCUT2D eigenvalue weighted by Gasteiger charge is -2.55. The second-order valence-electron chi connectivity index (χ2n) is 12.5. The maximum absolute atomic E-state index is 13.6. The summed E-state index contributed by atoms with van der Waals surface area (Å²) in [6.07, 6.45) is 1.86. The van der Waals surface area contributed by atoms with Crippen molar-refractivity contribution in [1.29, 1.82) is 0 Å². The fourth-order valence-corrected chi connectivity index (χ4v) is 5.04. The van der Waals surface area contributed by atoms with Crippen LogP contribution in [-0.4, -0.2) is 35.7 Å². The normalized spacial score (nSPS) is 17.7. The first-order valence-corrected chi connectivity index (χ1v) is 12.8. The Kier molecular flexibility index (Phi) is 10.2. The van der Waals surface area contributed by atoms with Gasteiger partial charge in [-0.3, -0.25) is 9.59 Å². The monoisotopic (exact) mass is 490 g/mol. The van der Waals surface area contributed by atoms with Gasteiger partial charge in [0.2, 0.25) is 5.91 Å². The number of anilines is 1. The fourth-order valence-electron chi connectivity index (χ4n) is 5.04. The van der Waals surface area contributed by atoms with Crippen LogP contribution in [0.5, 0.6) is 0 Å². The molecule has 0 spiro atoms. The summed E-state index contributed by atoms with van der Waals surface area (Å²) in [6, 6.07) is 9.44. The Bertz CT molecular complexity index is 847. The van der Waals surface area contributed by atoms with Crippen molar-refractivity contribution in [3.05, 3.63) is 30.3 Å². The van der Waals surface area contributed by atoms with Gasteiger partial charge in [0.25, 0.3) is 0 Å². The van der Waals surface area contributed by atoms with Crippen molar-refractivity contribution in [2.45, 2.75) is 94.0 Å². The third-order valence-corrected chi connectivity index (χ3v) is 8.75. The third kappa shape index (κ3) is 6.85. The Morgan fingerprint density at radius 1 is 1.00 bits per heavy atom. The molecule has 1 rings (SSSR count). The van der Waals surface area contributed by atoms with Crippen molar-refractivity contribution in [3.63, 3.8) is 0 Å². The molecule has 0 saturated carbocycles. The maximum Gasteiger partial charge on any atom is 0.313 e. The number of hydrogen-bond acceptors (Lipinski definition) is 5. The standard InChI is InChI=1S/C29H50N2O4/c1-11-25(4,5)19-28(9,24(34)35-18-17-32)29(10,30)26(6,7)20-27(8,21(2)3)23(33)31-22-15-13-12-14-16-22/h12-16,21,32H,11,17-20,30H2,1-10H3,(H,31,33). The highest BCUT2D eigenvalue weighted by Crippen LogP contribution is 2.54. The van der Waals surface area contributed by atoms with Crippen LogP contribution in [0.3, 0.4) is 0 Å². The second-order valence-corrected chi connectivity index (χ2v) is 12.5. The molecule has 0 saturated heterocycles. The van der Waals surface area contributed by atoms with Crippen LogP contribution >= 0.6 is 0 Å². The highest BCUT2D eigenvalue weighted by atomic mass is 16.5. The molecule has 0 bridgehead atoms. The highest BCUT2D eigenvalue weighted by Gasteiger charge is 2.59. The Morgan fingerprint density at radius 2 is 1.54 bits per heavy atom. The molecule has 6 heteroatoms. The summed E-state index contributed by atoms with van der Waals surface area (Å²) < 4.78 is 5.48. The smallest absolute Gasteiger partial charge is 0.313 e. The van der Waals surface area contributed by atoms with Gasteiger partial charge < -0.3 is 20.9 Å². The summed E-state index contributed by atoms with van der Waals surface area (Å²) in [5, 5.41) is 12.3. The van der Waals surface area contributed by atoms with Crippen LogP contribution in [0.2, 0.25) is 0 Å². The van der Waals surface area contributed by atoms with Crippen LogP contribution in [0.25, 0.3) is 0 Å². The molecule has 4 N–H and O–H groups in total. The van der Waals surface area contributed by atoms with Crippen LogP contribution < -0.4 is 11.1 Å². The quantitative estimate of drug-likeness (QED) is 0.304. The summed E-state index contributed by atoms with van der Waals surface area (Å²) >= 11 is 0. The highest BCUT2D eigenvalue weighted by molar-refractivity contribution is 5.95. The van der Waals surface area contributed by atoms with E-state index in [-0.39, 0.29) is 30.5 Å². The second kappa shape index (κ2) is 11.4. The first-order chi connectivity index (χ1) is 15.9. The van der Waals surface area contributed by atoms with E-state index in [9.17, 15) is 14.7 Å². The zero-order valence-electron chi connectivity index (χ0n) is 23.7. The number of nitrogens with two attached hydrogens (primary N) is 1. The number of aliphatic hydroxyl groups is 1. The molecule has 0 radical (unpaired) electrons. The fraction of sp³-hybridized carbons (Fsp3) is 0.724. The van der Waals surface area contributed by atoms with E-state index in [1.165, 1.54) is 0 Å². The predicted octanol–water partition coefficient (Wildman–Crippen LogP) is 5.79. The van der Waals surface area contributed by atoms with Gasteiger partial charge in [0, 0.05) is 16.6 Å². The Balaban J connectivity index is 3.46. The van der Waals surface area contributed by atoms with Crippen molar-refractivity contribution in [1.82, 2.24) is 0 Å². The Labute approximate surface area is 213 Å². The minimum absolute atomic E-state index is 0.0287. The van der Waals surface area contributed by atoms with E-state index in [1.54, 1.807) is 0 Å². The molecule has 6 nitrogen and oxygen atoms in total. The molecule has 0 aliphatic carbocycles. The van der Waals surface area contributed by atoms with Gasteiger partial charge in [-0.2, -0.15) is 0 Å². The number of amides is 1. The van der Waals surface area contributed by atoms with Crippen LogP contribution in [-0.2, 0) is 14.3 Å². The molecule has 0 aliphatic heterocycles. The van der Waals surface area contributed by atoms with Gasteiger partial charge in [-0.15, -0.1) is 0 Å². The average molecular weight is 491 g/mol. The maximum atomic E-state index is 13.6. The molecule has 0 aliphatic rings. The van der Waals surface area contributed by atoms with Gasteiger partial charge in [-0.05, 0) is 55.6 Å². The molecule has 1 aromatic carbocycles. The molecule has 1 amide bonds. The van der Waals surface area contributed by atoms with Crippen LogP contribution in [0.15, 0.2) is 30.3 Å². The van der Waals surface area contributed by atoms with Crippen LogP contribution in [0.1, 0.15) is 88.5 Å². The molecule has 0 fully saturated rings. The van der Waals surface area contributed by atoms with Crippen molar-refractivity contribution in [3.8, 4) is 0 Å². The molecule has 1 aromatic rings. The van der Waals surface area contributed by atoms with Gasteiger partial charge in [0.15, 0.2) is 0 Å². The number of carbonyl (C=O) groups is 2. The minimum Gasteiger partial charge on any atom is -0.463 e. The molecule has 35 heavy (non-hydrogen) atoms. The first-order valence-electron chi connectivity index (χ1n) is 12.8. The molecule has 0 aromatic heterocycles. The number of benzene rings is 1. The van der Waals surface area contributed by atoms with Crippen molar-refractivity contribution < 1.29 is 19.4 Å². The molecule has 0 heterocycles. The van der Waals surface area contributed by atoms with Crippen LogP contribution in [0.4, 0.5) is 5.69 Å². The summed E-state index contributed by atoms with van der Waals surface area (Å²) in [5.41, 5.74) is 4.33. The van der Waals surface area contributed by atoms with Gasteiger partial charge in [-0.25, -0.2) is 0 Å². The lowest BCUT2D eigenvalue weighted by molar-refractivity contribution is -0.168. The van der Waals surface area contributed by atoms with E-state index in [1.807, 2.05) is 78.8 Å². The number of para-hydroxylation sites is 1. The zero-order valence-corrected chi connectivity index (χ0v) is 23.7. The Hall–Kier alpha value is -1.92. The molecule has 200 valence electrons. The lowest BCUT2D eigenvalue weighted by atomic mass is 9.51. The van der Waals surface area contributed by atoms with E-state index >= 15 is 0 Å². The topological polar surface area (TPSA) is 102 Å². The van der Waals surface area contributed by atoms with E-state index in [4.69, 9.17) is 10.5 Å². The number of rotatable bonds is 13. The van der Waals surface area contributed by atoms with Crippen LogP contribution in [0, 0.1) is 27.6 Å². The number of nitrogens with one attached hydrogen (secondary N) is 1. The number of ether oxygens (including phenoxy) is 1. The van der Waals surface area contributed by atoms with Gasteiger partial charge in [0.05, 0.1) is 12.0 Å². The number of esters is 1. The predicted molar refractivity (Wildman–Crippen MR) is 144 cm³/mol. The number of aliphatic hydroxyl groups excluding tert-OH is 1. The van der Waals surface area contributed by atoms with E-state index in [0.29, 0.717) is 12.8 Å². The van der Waals surface area contributed by atoms with Gasteiger partial charge >= 0.3 is 5.97 Å². The SMILES string of the molecule is CCC(C)(C)CC(C)(C(=O)OCCO)C(C)(N)C(C)(C)CC(C)(C(=O)Nc1ccccc1)C(C)C. The summed E-state index contributed by atoms with van der Waals surface area (Å²) in [6.45, 7) is 20.0. The minimum atomic E-state index is -1.04. The number of carbonyl (C=O) groups excluding carboxylic acids is 2. The van der Waals surface area contributed by atoms with Gasteiger partial charge in [0.1, 0.15) is 6.61 Å². The summed E-state index contributed by atoms with van der Waals surface area (Å²) in [4.78, 5) is 27.1. The largest absolute Gasteiger partial charge is 0.463 e. The molecular formula is C29H50N2O4. The van der Waals surface area contributed by atoms with Crippen molar-refractivity contribution >= 4 is 17.6 Å². The third-order valence-electron chi connectivity index (χ3n) is 8.75. The molecule has 3 unspecified atom stereocenters. The summed E-state index contributed by atoms with van der Waals surface area (Å²) in [5.74, 6) is -0.451. The average Bonchev–Trinajstić information content (AvgIpc) is 2.76. The molecular weight excluding hydrogens is 440 g/mol. The Morgan fingerprint density at radius 3 is 2.00 bits per heavy atom. The van der Waals surface area contributed by atoms with Crippen molar-refractivity contribution in [2.24, 2.45) is 33.3 Å². The van der Waals surface area contributed by atoms with E-state index in [0.717, 1.165) is 12.1 Å². The van der Waals surface area contributed by atoms with E-state index in [2.05, 4.69) is 26.1 Å². The van der Waals surface area contributed by atoms with Crippen molar-refractivity contribution in [2.75, 3.05) is 18.5 Å².